The number of nitrogens with one attached hydrogen (secondary N) is 2. The normalized spacial score (nSPS) is 22.5. The van der Waals surface area contributed by atoms with Crippen molar-refractivity contribution < 1.29 is 9.84 Å². The number of aliphatic hydroxyl groups is 1. The molecule has 3 N–H and O–H groups in total. The van der Waals surface area contributed by atoms with E-state index in [1.54, 1.807) is 45.3 Å². The number of hydrogen-bond donors (Lipinski definition) is 3. The van der Waals surface area contributed by atoms with E-state index in [0.29, 0.717) is 16.9 Å². The highest BCUT2D eigenvalue weighted by molar-refractivity contribution is 5.81. The Balaban J connectivity index is 2.56. The van der Waals surface area contributed by atoms with Crippen molar-refractivity contribution >= 4 is 5.96 Å². The molecule has 2 atom stereocenters. The van der Waals surface area contributed by atoms with E-state index in [1.807, 2.05) is 0 Å². The topological polar surface area (TPSA) is 113 Å². The fraction of sp³-hybridized carbons (Fsp3) is 0.400. The third kappa shape index (κ3) is 2.80. The van der Waals surface area contributed by atoms with Gasteiger partial charge in [0.05, 0.1) is 11.6 Å². The molecule has 22 heavy (non-hydrogen) atoms. The van der Waals surface area contributed by atoms with Gasteiger partial charge in [0.1, 0.15) is 23.5 Å². The minimum Gasteiger partial charge on any atom is -0.485 e. The molecule has 1 aromatic rings. The van der Waals surface area contributed by atoms with Gasteiger partial charge in [-0.1, -0.05) is 0 Å². The Bertz CT molecular complexity index is 684. The van der Waals surface area contributed by atoms with Crippen LogP contribution in [0.3, 0.4) is 0 Å². The average molecular weight is 299 g/mol. The highest BCUT2D eigenvalue weighted by Crippen LogP contribution is 2.42. The van der Waals surface area contributed by atoms with Crippen LogP contribution in [0.15, 0.2) is 23.2 Å². The summed E-state index contributed by atoms with van der Waals surface area (Å²) in [6.45, 7) is 3.52. The lowest BCUT2D eigenvalue weighted by Crippen LogP contribution is -2.49. The molecule has 0 aliphatic carbocycles. The molecule has 114 valence electrons. The lowest BCUT2D eigenvalue weighted by molar-refractivity contribution is -0.0567. The van der Waals surface area contributed by atoms with Gasteiger partial charge in [-0.2, -0.15) is 10.5 Å². The van der Waals surface area contributed by atoms with Crippen LogP contribution in [-0.2, 0) is 0 Å². The van der Waals surface area contributed by atoms with Gasteiger partial charge in [0.25, 0.3) is 0 Å². The molecular weight excluding hydrogens is 282 g/mol. The molecule has 0 spiro atoms. The minimum atomic E-state index is -0.933. The first-order valence-electron chi connectivity index (χ1n) is 6.74. The molecule has 0 amide bonds. The summed E-state index contributed by atoms with van der Waals surface area (Å²) in [5.41, 5.74) is 0.216. The van der Waals surface area contributed by atoms with Gasteiger partial charge < -0.3 is 15.2 Å². The number of benzene rings is 1. The van der Waals surface area contributed by atoms with Gasteiger partial charge in [0, 0.05) is 12.6 Å². The Morgan fingerprint density at radius 3 is 2.73 bits per heavy atom. The van der Waals surface area contributed by atoms with Crippen molar-refractivity contribution in [1.82, 2.24) is 10.6 Å². The zero-order chi connectivity index (χ0) is 16.3. The van der Waals surface area contributed by atoms with E-state index in [4.69, 9.17) is 15.3 Å². The molecule has 0 unspecified atom stereocenters. The Kier molecular flexibility index (Phi) is 4.20. The van der Waals surface area contributed by atoms with Crippen LogP contribution in [0.25, 0.3) is 0 Å². The maximum Gasteiger partial charge on any atom is 0.205 e. The van der Waals surface area contributed by atoms with E-state index >= 15 is 0 Å². The lowest BCUT2D eigenvalue weighted by atomic mass is 9.86. The molecule has 1 aliphatic rings. The van der Waals surface area contributed by atoms with Gasteiger partial charge in [-0.15, -0.1) is 0 Å². The standard InChI is InChI=1S/C15H17N5O2/c1-15(2)13(21)12(20-14(18-3)19-8-17)10-6-9(7-16)4-5-11(10)22-15/h4-6,12-13,21H,1-3H3,(H2,18,19,20)/t12-,13+/m1/s1. The van der Waals surface area contributed by atoms with E-state index in [1.165, 1.54) is 0 Å². The number of hydrogen-bond acceptors (Lipinski definition) is 5. The highest BCUT2D eigenvalue weighted by atomic mass is 16.5. The minimum absolute atomic E-state index is 0.234. The van der Waals surface area contributed by atoms with E-state index in [0.717, 1.165) is 0 Å². The molecule has 7 heteroatoms. The molecule has 0 bridgehead atoms. The molecule has 0 fully saturated rings. The van der Waals surface area contributed by atoms with Crippen molar-refractivity contribution in [3.05, 3.63) is 29.3 Å². The number of guanidine groups is 1. The summed E-state index contributed by atoms with van der Waals surface area (Å²) in [6.07, 6.45) is 0.849. The number of aliphatic hydroxyl groups excluding tert-OH is 1. The van der Waals surface area contributed by atoms with Crippen LogP contribution >= 0.6 is 0 Å². The maximum atomic E-state index is 10.6. The summed E-state index contributed by atoms with van der Waals surface area (Å²) < 4.78 is 5.80. The molecule has 1 aromatic carbocycles. The molecule has 0 radical (unpaired) electrons. The lowest BCUT2D eigenvalue weighted by Gasteiger charge is -2.40. The quantitative estimate of drug-likeness (QED) is 0.305. The van der Waals surface area contributed by atoms with Crippen molar-refractivity contribution in [3.63, 3.8) is 0 Å². The monoisotopic (exact) mass is 299 g/mol. The molecule has 7 nitrogen and oxygen atoms in total. The number of nitriles is 2. The van der Waals surface area contributed by atoms with Gasteiger partial charge in [-0.05, 0) is 32.0 Å². The molecule has 0 aromatic heterocycles. The summed E-state index contributed by atoms with van der Waals surface area (Å²) in [4.78, 5) is 4.37. The summed E-state index contributed by atoms with van der Waals surface area (Å²) >= 11 is 0. The zero-order valence-corrected chi connectivity index (χ0v) is 12.6. The first kappa shape index (κ1) is 15.6. The second-order valence-electron chi connectivity index (χ2n) is 5.42. The Morgan fingerprint density at radius 2 is 2.14 bits per heavy atom. The molecule has 1 aliphatic heterocycles. The van der Waals surface area contributed by atoms with Gasteiger partial charge in [0.15, 0.2) is 6.19 Å². The smallest absolute Gasteiger partial charge is 0.205 e. The third-order valence-electron chi connectivity index (χ3n) is 3.52. The van der Waals surface area contributed by atoms with Gasteiger partial charge in [-0.3, -0.25) is 5.32 Å². The SMILES string of the molecule is CNC(=N[C@@H]1c2cc(C#N)ccc2OC(C)(C)[C@H]1O)NC#N. The predicted molar refractivity (Wildman–Crippen MR) is 79.9 cm³/mol. The predicted octanol–water partition coefficient (Wildman–Crippen LogP) is 0.777. The van der Waals surface area contributed by atoms with Crippen LogP contribution in [-0.4, -0.2) is 29.8 Å². The van der Waals surface area contributed by atoms with Crippen molar-refractivity contribution in [3.8, 4) is 18.0 Å². The van der Waals surface area contributed by atoms with Crippen molar-refractivity contribution in [2.75, 3.05) is 7.05 Å². The van der Waals surface area contributed by atoms with E-state index in [2.05, 4.69) is 21.7 Å². The fourth-order valence-electron chi connectivity index (χ4n) is 2.33. The largest absolute Gasteiger partial charge is 0.485 e. The van der Waals surface area contributed by atoms with Gasteiger partial charge >= 0.3 is 0 Å². The van der Waals surface area contributed by atoms with Crippen LogP contribution in [0.5, 0.6) is 5.75 Å². The Hall–Kier alpha value is -2.77. The van der Waals surface area contributed by atoms with Gasteiger partial charge in [-0.25, -0.2) is 4.99 Å². The zero-order valence-electron chi connectivity index (χ0n) is 12.6. The third-order valence-corrected chi connectivity index (χ3v) is 3.52. The van der Waals surface area contributed by atoms with Crippen molar-refractivity contribution in [2.24, 2.45) is 4.99 Å². The maximum absolute atomic E-state index is 10.6. The molecule has 0 saturated carbocycles. The van der Waals surface area contributed by atoms with Crippen LogP contribution in [0, 0.1) is 22.8 Å². The molecular formula is C15H17N5O2. The number of fused-ring (bicyclic) bond motifs is 1. The number of rotatable bonds is 1. The number of nitrogens with zero attached hydrogens (tertiary/aromatic N) is 3. The van der Waals surface area contributed by atoms with E-state index in [-0.39, 0.29) is 5.96 Å². The van der Waals surface area contributed by atoms with Crippen LogP contribution in [0.2, 0.25) is 0 Å². The van der Waals surface area contributed by atoms with E-state index in [9.17, 15) is 5.11 Å². The number of ether oxygens (including phenoxy) is 1. The summed E-state index contributed by atoms with van der Waals surface area (Å²) in [5.74, 6) is 0.799. The molecule has 0 saturated heterocycles. The van der Waals surface area contributed by atoms with Crippen LogP contribution < -0.4 is 15.4 Å². The van der Waals surface area contributed by atoms with Gasteiger partial charge in [0.2, 0.25) is 5.96 Å². The summed E-state index contributed by atoms with van der Waals surface area (Å²) in [6, 6.07) is 6.39. The summed E-state index contributed by atoms with van der Waals surface area (Å²) in [7, 11) is 1.62. The second-order valence-corrected chi connectivity index (χ2v) is 5.42. The van der Waals surface area contributed by atoms with Crippen LogP contribution in [0.1, 0.15) is 31.0 Å². The fourth-order valence-corrected chi connectivity index (χ4v) is 2.33. The highest BCUT2D eigenvalue weighted by Gasteiger charge is 2.43. The summed E-state index contributed by atoms with van der Waals surface area (Å²) in [5, 5.41) is 33.5. The Morgan fingerprint density at radius 1 is 1.41 bits per heavy atom. The van der Waals surface area contributed by atoms with Crippen molar-refractivity contribution in [2.45, 2.75) is 31.6 Å². The first-order valence-corrected chi connectivity index (χ1v) is 6.74. The second kappa shape index (κ2) is 5.92. The van der Waals surface area contributed by atoms with Crippen LogP contribution in [0.4, 0.5) is 0 Å². The van der Waals surface area contributed by atoms with Crippen molar-refractivity contribution in [1.29, 1.82) is 10.5 Å². The molecule has 2 rings (SSSR count). The first-order chi connectivity index (χ1) is 10.4. The Labute approximate surface area is 128 Å². The average Bonchev–Trinajstić information content (AvgIpc) is 2.50. The van der Waals surface area contributed by atoms with E-state index < -0.39 is 17.7 Å². The molecule has 1 heterocycles. The number of aliphatic imine (C=N–C) groups is 1.